The molecule has 21 heavy (non-hydrogen) atoms. The first-order valence-corrected chi connectivity index (χ1v) is 7.65. The van der Waals surface area contributed by atoms with Crippen LogP contribution in [0.15, 0.2) is 23.4 Å². The van der Waals surface area contributed by atoms with E-state index < -0.39 is 0 Å². The Morgan fingerprint density at radius 1 is 1.29 bits per heavy atom. The highest BCUT2D eigenvalue weighted by Gasteiger charge is 2.34. The second-order valence-corrected chi connectivity index (χ2v) is 6.27. The standard InChI is InChI=1S/C16H24N4O/c1-11-9-13(5-6-15(11)16(17)18-21)20-8-7-12-3-4-14(10-20)19(12)2/h5-6,9,12,14,21H,3-4,7-8,10H2,1-2H3,(H2,17,18). The zero-order valence-corrected chi connectivity index (χ0v) is 12.8. The number of aryl methyl sites for hydroxylation is 1. The van der Waals surface area contributed by atoms with Gasteiger partial charge >= 0.3 is 0 Å². The molecule has 2 atom stereocenters. The van der Waals surface area contributed by atoms with E-state index in [4.69, 9.17) is 10.9 Å². The van der Waals surface area contributed by atoms with Gasteiger partial charge in [0, 0.05) is 36.4 Å². The Kier molecular flexibility index (Phi) is 3.76. The van der Waals surface area contributed by atoms with E-state index in [0.29, 0.717) is 6.04 Å². The van der Waals surface area contributed by atoms with Crippen LogP contribution in [-0.4, -0.2) is 48.2 Å². The van der Waals surface area contributed by atoms with Gasteiger partial charge in [-0.05, 0) is 57.0 Å². The van der Waals surface area contributed by atoms with Gasteiger partial charge in [0.2, 0.25) is 0 Å². The Bertz CT molecular complexity index is 557. The van der Waals surface area contributed by atoms with Crippen LogP contribution in [0.3, 0.4) is 0 Å². The maximum atomic E-state index is 8.82. The third-order valence-electron chi connectivity index (χ3n) is 5.11. The molecule has 3 rings (SSSR count). The van der Waals surface area contributed by atoms with E-state index in [1.54, 1.807) is 0 Å². The van der Waals surface area contributed by atoms with Crippen molar-refractivity contribution in [1.82, 2.24) is 4.90 Å². The van der Waals surface area contributed by atoms with E-state index in [9.17, 15) is 0 Å². The summed E-state index contributed by atoms with van der Waals surface area (Å²) in [4.78, 5) is 5.03. The van der Waals surface area contributed by atoms with Crippen molar-refractivity contribution < 1.29 is 5.21 Å². The number of likely N-dealkylation sites (N-methyl/N-ethyl adjacent to an activating group) is 1. The minimum absolute atomic E-state index is 0.175. The molecule has 114 valence electrons. The molecule has 2 fully saturated rings. The van der Waals surface area contributed by atoms with Gasteiger partial charge in [-0.3, -0.25) is 4.90 Å². The number of hydrogen-bond acceptors (Lipinski definition) is 4. The number of anilines is 1. The minimum Gasteiger partial charge on any atom is -0.409 e. The molecule has 0 aliphatic carbocycles. The summed E-state index contributed by atoms with van der Waals surface area (Å²) in [5.41, 5.74) is 8.78. The van der Waals surface area contributed by atoms with Gasteiger partial charge in [0.1, 0.15) is 0 Å². The van der Waals surface area contributed by atoms with Crippen LogP contribution in [0.5, 0.6) is 0 Å². The van der Waals surface area contributed by atoms with Crippen molar-refractivity contribution in [3.05, 3.63) is 29.3 Å². The van der Waals surface area contributed by atoms with Gasteiger partial charge in [-0.15, -0.1) is 0 Å². The Balaban J connectivity index is 1.83. The molecular formula is C16H24N4O. The molecular weight excluding hydrogens is 264 g/mol. The van der Waals surface area contributed by atoms with Gasteiger partial charge < -0.3 is 15.8 Å². The average Bonchev–Trinajstić information content (AvgIpc) is 2.71. The summed E-state index contributed by atoms with van der Waals surface area (Å²) in [5.74, 6) is 0.175. The number of amidine groups is 1. The normalized spacial score (nSPS) is 27.0. The molecule has 0 radical (unpaired) electrons. The number of hydrogen-bond donors (Lipinski definition) is 2. The summed E-state index contributed by atoms with van der Waals surface area (Å²) < 4.78 is 0. The van der Waals surface area contributed by atoms with Crippen LogP contribution in [0.1, 0.15) is 30.4 Å². The highest BCUT2D eigenvalue weighted by atomic mass is 16.4. The Morgan fingerprint density at radius 3 is 2.76 bits per heavy atom. The lowest BCUT2D eigenvalue weighted by molar-refractivity contribution is 0.254. The summed E-state index contributed by atoms with van der Waals surface area (Å²) in [6.45, 7) is 4.20. The fourth-order valence-corrected chi connectivity index (χ4v) is 3.73. The summed E-state index contributed by atoms with van der Waals surface area (Å²) in [6.07, 6.45) is 3.88. The third-order valence-corrected chi connectivity index (χ3v) is 5.11. The van der Waals surface area contributed by atoms with Crippen molar-refractivity contribution in [1.29, 1.82) is 0 Å². The van der Waals surface area contributed by atoms with E-state index >= 15 is 0 Å². The van der Waals surface area contributed by atoms with E-state index in [-0.39, 0.29) is 5.84 Å². The fraction of sp³-hybridized carbons (Fsp3) is 0.562. The number of oxime groups is 1. The second kappa shape index (κ2) is 5.56. The van der Waals surface area contributed by atoms with Crippen LogP contribution < -0.4 is 10.6 Å². The van der Waals surface area contributed by atoms with Crippen molar-refractivity contribution >= 4 is 11.5 Å². The van der Waals surface area contributed by atoms with Gasteiger partial charge in [0.15, 0.2) is 5.84 Å². The summed E-state index contributed by atoms with van der Waals surface area (Å²) in [6, 6.07) is 7.59. The predicted molar refractivity (Wildman–Crippen MR) is 85.1 cm³/mol. The molecule has 5 heteroatoms. The summed E-state index contributed by atoms with van der Waals surface area (Å²) >= 11 is 0. The third kappa shape index (κ3) is 2.58. The molecule has 2 bridgehead atoms. The van der Waals surface area contributed by atoms with E-state index in [1.165, 1.54) is 24.9 Å². The average molecular weight is 288 g/mol. The van der Waals surface area contributed by atoms with Gasteiger partial charge in [-0.1, -0.05) is 5.16 Å². The topological polar surface area (TPSA) is 65.1 Å². The highest BCUT2D eigenvalue weighted by molar-refractivity contribution is 5.98. The van der Waals surface area contributed by atoms with Crippen molar-refractivity contribution in [2.45, 2.75) is 38.3 Å². The van der Waals surface area contributed by atoms with Crippen LogP contribution in [0, 0.1) is 6.92 Å². The lowest BCUT2D eigenvalue weighted by Gasteiger charge is -2.28. The smallest absolute Gasteiger partial charge is 0.170 e. The van der Waals surface area contributed by atoms with Crippen LogP contribution in [0.25, 0.3) is 0 Å². The number of nitrogens with zero attached hydrogens (tertiary/aromatic N) is 3. The van der Waals surface area contributed by atoms with E-state index in [0.717, 1.165) is 30.3 Å². The first-order chi connectivity index (χ1) is 10.1. The molecule has 0 amide bonds. The highest BCUT2D eigenvalue weighted by Crippen LogP contribution is 2.31. The molecule has 1 aromatic rings. The van der Waals surface area contributed by atoms with Gasteiger partial charge in [0.25, 0.3) is 0 Å². The molecule has 3 N–H and O–H groups in total. The van der Waals surface area contributed by atoms with E-state index in [1.807, 2.05) is 13.0 Å². The zero-order valence-electron chi connectivity index (χ0n) is 12.8. The monoisotopic (exact) mass is 288 g/mol. The second-order valence-electron chi connectivity index (χ2n) is 6.27. The molecule has 5 nitrogen and oxygen atoms in total. The van der Waals surface area contributed by atoms with Crippen LogP contribution in [0.4, 0.5) is 5.69 Å². The Labute approximate surface area is 126 Å². The SMILES string of the molecule is Cc1cc(N2CCC3CCC(C2)N3C)ccc1/C(N)=N/O. The quantitative estimate of drug-likeness (QED) is 0.377. The maximum absolute atomic E-state index is 8.82. The number of benzene rings is 1. The lowest BCUT2D eigenvalue weighted by atomic mass is 10.0. The van der Waals surface area contributed by atoms with Crippen LogP contribution >= 0.6 is 0 Å². The number of nitrogens with two attached hydrogens (primary N) is 1. The minimum atomic E-state index is 0.175. The molecule has 2 unspecified atom stereocenters. The van der Waals surface area contributed by atoms with Crippen molar-refractivity contribution in [3.8, 4) is 0 Å². The first-order valence-electron chi connectivity index (χ1n) is 7.65. The van der Waals surface area contributed by atoms with Crippen molar-refractivity contribution in [2.24, 2.45) is 10.9 Å². The molecule has 2 heterocycles. The molecule has 0 spiro atoms. The molecule has 1 aromatic carbocycles. The first kappa shape index (κ1) is 14.2. The van der Waals surface area contributed by atoms with Crippen LogP contribution in [-0.2, 0) is 0 Å². The maximum Gasteiger partial charge on any atom is 0.170 e. The zero-order chi connectivity index (χ0) is 15.0. The van der Waals surface area contributed by atoms with Gasteiger partial charge in [-0.2, -0.15) is 0 Å². The largest absolute Gasteiger partial charge is 0.409 e. The van der Waals surface area contributed by atoms with Crippen molar-refractivity contribution in [3.63, 3.8) is 0 Å². The van der Waals surface area contributed by atoms with Gasteiger partial charge in [0.05, 0.1) is 0 Å². The summed E-state index contributed by atoms with van der Waals surface area (Å²) in [5, 5.41) is 11.9. The molecule has 2 saturated heterocycles. The molecule has 2 aliphatic heterocycles. The van der Waals surface area contributed by atoms with E-state index in [2.05, 4.69) is 34.1 Å². The number of rotatable bonds is 2. The molecule has 0 aromatic heterocycles. The summed E-state index contributed by atoms with van der Waals surface area (Å²) in [7, 11) is 2.26. The molecule has 0 saturated carbocycles. The Morgan fingerprint density at radius 2 is 2.05 bits per heavy atom. The molecule has 2 aliphatic rings. The lowest BCUT2D eigenvalue weighted by Crippen LogP contribution is -2.36. The van der Waals surface area contributed by atoms with Crippen LogP contribution in [0.2, 0.25) is 0 Å². The predicted octanol–water partition coefficient (Wildman–Crippen LogP) is 1.76. The van der Waals surface area contributed by atoms with Crippen molar-refractivity contribution in [2.75, 3.05) is 25.0 Å². The number of fused-ring (bicyclic) bond motifs is 2. The van der Waals surface area contributed by atoms with Gasteiger partial charge in [-0.25, -0.2) is 0 Å². The Hall–Kier alpha value is -1.75. The fourth-order valence-electron chi connectivity index (χ4n) is 3.73.